The number of rotatable bonds is 6. The summed E-state index contributed by atoms with van der Waals surface area (Å²) >= 11 is 0. The quantitative estimate of drug-likeness (QED) is 0.661. The summed E-state index contributed by atoms with van der Waals surface area (Å²) in [5, 5.41) is 16.2. The van der Waals surface area contributed by atoms with Crippen molar-refractivity contribution in [2.45, 2.75) is 60.2 Å². The molecule has 1 amide bonds. The van der Waals surface area contributed by atoms with E-state index in [0.29, 0.717) is 13.0 Å². The van der Waals surface area contributed by atoms with Crippen LogP contribution in [0.4, 0.5) is 5.69 Å². The number of hydrogen-bond donors (Lipinski definition) is 1. The number of aryl methyl sites for hydroxylation is 4. The molecular formula is C23H28N6O2. The van der Waals surface area contributed by atoms with E-state index in [1.54, 1.807) is 0 Å². The fourth-order valence-corrected chi connectivity index (χ4v) is 3.86. The number of anilines is 1. The topological polar surface area (TPSA) is 86.3 Å². The lowest BCUT2D eigenvalue weighted by Crippen LogP contribution is -2.28. The van der Waals surface area contributed by atoms with Gasteiger partial charge in [0.25, 0.3) is 5.91 Å². The van der Waals surface area contributed by atoms with E-state index in [2.05, 4.69) is 45.8 Å². The van der Waals surface area contributed by atoms with Crippen molar-refractivity contribution in [3.05, 3.63) is 64.2 Å². The molecule has 2 aromatic heterocycles. The van der Waals surface area contributed by atoms with Gasteiger partial charge in [0.15, 0.2) is 0 Å². The summed E-state index contributed by atoms with van der Waals surface area (Å²) in [6, 6.07) is 8.33. The van der Waals surface area contributed by atoms with Crippen molar-refractivity contribution in [1.82, 2.24) is 19.6 Å². The van der Waals surface area contributed by atoms with Crippen LogP contribution in [0.3, 0.4) is 0 Å². The zero-order valence-corrected chi connectivity index (χ0v) is 18.6. The van der Waals surface area contributed by atoms with E-state index in [9.17, 15) is 4.79 Å². The fourth-order valence-electron chi connectivity index (χ4n) is 3.86. The third kappa shape index (κ3) is 4.23. The number of carbonyl (C=O) groups is 1. The van der Waals surface area contributed by atoms with Crippen molar-refractivity contribution in [2.24, 2.45) is 5.16 Å². The summed E-state index contributed by atoms with van der Waals surface area (Å²) in [4.78, 5) is 18.3. The average Bonchev–Trinajstić information content (AvgIpc) is 3.42. The van der Waals surface area contributed by atoms with Crippen molar-refractivity contribution >= 4 is 17.3 Å². The summed E-state index contributed by atoms with van der Waals surface area (Å²) in [5.74, 6) is -0.222. The van der Waals surface area contributed by atoms with Gasteiger partial charge in [0, 0.05) is 24.7 Å². The summed E-state index contributed by atoms with van der Waals surface area (Å²) < 4.78 is 3.77. The summed E-state index contributed by atoms with van der Waals surface area (Å²) in [7, 11) is 0. The van der Waals surface area contributed by atoms with E-state index in [1.165, 1.54) is 11.1 Å². The van der Waals surface area contributed by atoms with E-state index in [0.717, 1.165) is 40.6 Å². The third-order valence-corrected chi connectivity index (χ3v) is 5.59. The van der Waals surface area contributed by atoms with E-state index in [1.807, 2.05) is 49.3 Å². The predicted octanol–water partition coefficient (Wildman–Crippen LogP) is 3.51. The van der Waals surface area contributed by atoms with Crippen LogP contribution in [0, 0.1) is 27.7 Å². The van der Waals surface area contributed by atoms with Gasteiger partial charge in [-0.15, -0.1) is 0 Å². The maximum Gasteiger partial charge on any atom is 0.268 e. The molecule has 0 spiro atoms. The molecule has 8 heteroatoms. The molecule has 8 nitrogen and oxygen atoms in total. The number of benzene rings is 1. The molecule has 4 rings (SSSR count). The van der Waals surface area contributed by atoms with Crippen molar-refractivity contribution in [2.75, 3.05) is 5.32 Å². The molecule has 1 aliphatic heterocycles. The molecule has 0 bridgehead atoms. The largest absolute Gasteiger partial charge is 0.382 e. The van der Waals surface area contributed by atoms with Crippen LogP contribution in [0.5, 0.6) is 0 Å². The van der Waals surface area contributed by atoms with Crippen LogP contribution in [0.2, 0.25) is 0 Å². The monoisotopic (exact) mass is 420 g/mol. The molecule has 162 valence electrons. The zero-order chi connectivity index (χ0) is 22.1. The Morgan fingerprint density at radius 2 is 2.00 bits per heavy atom. The Kier molecular flexibility index (Phi) is 5.63. The Bertz CT molecular complexity index is 1160. The Morgan fingerprint density at radius 3 is 2.71 bits per heavy atom. The number of nitrogens with one attached hydrogen (secondary N) is 1. The molecular weight excluding hydrogens is 392 g/mol. The second-order valence-electron chi connectivity index (χ2n) is 8.00. The number of nitrogens with zero attached hydrogens (tertiary/aromatic N) is 5. The van der Waals surface area contributed by atoms with Gasteiger partial charge in [-0.2, -0.15) is 10.2 Å². The third-order valence-electron chi connectivity index (χ3n) is 5.59. The predicted molar refractivity (Wildman–Crippen MR) is 119 cm³/mol. The fraction of sp³-hybridized carbons (Fsp3) is 0.391. The van der Waals surface area contributed by atoms with E-state index >= 15 is 0 Å². The lowest BCUT2D eigenvalue weighted by Gasteiger charge is -2.10. The molecule has 0 saturated carbocycles. The molecule has 1 aliphatic rings. The smallest absolute Gasteiger partial charge is 0.268 e. The van der Waals surface area contributed by atoms with Gasteiger partial charge in [-0.3, -0.25) is 14.2 Å². The standard InChI is InChI=1S/C23H28N6O2/c1-6-28-13-19(15(3)25-28)20-11-21(31-27-20)23(30)24-22-16(4)26-29(17(22)5)12-18-9-7-8-14(2)10-18/h7-10,13,21H,6,11-12H2,1-5H3,(H,24,30). The van der Waals surface area contributed by atoms with E-state index < -0.39 is 6.10 Å². The Labute approximate surface area is 181 Å². The van der Waals surface area contributed by atoms with Crippen LogP contribution in [0.15, 0.2) is 35.6 Å². The summed E-state index contributed by atoms with van der Waals surface area (Å²) in [6.07, 6.45) is 1.69. The minimum atomic E-state index is -0.668. The highest BCUT2D eigenvalue weighted by Crippen LogP contribution is 2.24. The van der Waals surface area contributed by atoms with Crippen molar-refractivity contribution in [3.63, 3.8) is 0 Å². The van der Waals surface area contributed by atoms with Gasteiger partial charge in [0.2, 0.25) is 6.10 Å². The molecule has 0 radical (unpaired) electrons. The Morgan fingerprint density at radius 1 is 1.19 bits per heavy atom. The van der Waals surface area contributed by atoms with Crippen LogP contribution < -0.4 is 5.32 Å². The van der Waals surface area contributed by atoms with Crippen molar-refractivity contribution in [3.8, 4) is 0 Å². The lowest BCUT2D eigenvalue weighted by atomic mass is 10.1. The minimum absolute atomic E-state index is 0.222. The summed E-state index contributed by atoms with van der Waals surface area (Å²) in [5.41, 5.74) is 7.35. The number of amides is 1. The molecule has 1 atom stereocenters. The molecule has 0 aliphatic carbocycles. The minimum Gasteiger partial charge on any atom is -0.382 e. The molecule has 3 aromatic rings. The first-order valence-electron chi connectivity index (χ1n) is 10.5. The van der Waals surface area contributed by atoms with Crippen LogP contribution in [-0.2, 0) is 22.7 Å². The van der Waals surface area contributed by atoms with Crippen molar-refractivity contribution < 1.29 is 9.63 Å². The highest BCUT2D eigenvalue weighted by molar-refractivity contribution is 6.06. The number of hydrogen-bond acceptors (Lipinski definition) is 5. The average molecular weight is 421 g/mol. The van der Waals surface area contributed by atoms with Crippen LogP contribution >= 0.6 is 0 Å². The van der Waals surface area contributed by atoms with Crippen LogP contribution in [0.1, 0.15) is 47.1 Å². The first-order chi connectivity index (χ1) is 14.9. The first-order valence-corrected chi connectivity index (χ1v) is 10.5. The molecule has 0 fully saturated rings. The number of oxime groups is 1. The SMILES string of the molecule is CCn1cc(C2=NOC(C(=O)Nc3c(C)nn(Cc4cccc(C)c4)c3C)C2)c(C)n1. The number of carbonyl (C=O) groups excluding carboxylic acids is 1. The van der Waals surface area contributed by atoms with Crippen molar-refractivity contribution in [1.29, 1.82) is 0 Å². The highest BCUT2D eigenvalue weighted by Gasteiger charge is 2.31. The van der Waals surface area contributed by atoms with Gasteiger partial charge in [0.05, 0.1) is 35.0 Å². The van der Waals surface area contributed by atoms with E-state index in [4.69, 9.17) is 4.84 Å². The van der Waals surface area contributed by atoms with Gasteiger partial charge in [-0.25, -0.2) is 0 Å². The maximum absolute atomic E-state index is 12.9. The summed E-state index contributed by atoms with van der Waals surface area (Å²) in [6.45, 7) is 11.3. The second kappa shape index (κ2) is 8.37. The van der Waals surface area contributed by atoms with E-state index in [-0.39, 0.29) is 5.91 Å². The normalized spacial score (nSPS) is 15.6. The molecule has 1 aromatic carbocycles. The van der Waals surface area contributed by atoms with Gasteiger partial charge in [-0.05, 0) is 40.2 Å². The van der Waals surface area contributed by atoms with Crippen LogP contribution in [-0.4, -0.2) is 37.3 Å². The molecule has 31 heavy (non-hydrogen) atoms. The Hall–Kier alpha value is -3.42. The van der Waals surface area contributed by atoms with Gasteiger partial charge >= 0.3 is 0 Å². The lowest BCUT2D eigenvalue weighted by molar-refractivity contribution is -0.125. The number of aromatic nitrogens is 4. The second-order valence-corrected chi connectivity index (χ2v) is 8.00. The molecule has 1 N–H and O–H groups in total. The first kappa shape index (κ1) is 20.8. The maximum atomic E-state index is 12.9. The Balaban J connectivity index is 1.44. The molecule has 0 saturated heterocycles. The van der Waals surface area contributed by atoms with Gasteiger partial charge in [-0.1, -0.05) is 35.0 Å². The molecule has 1 unspecified atom stereocenters. The van der Waals surface area contributed by atoms with Gasteiger partial charge < -0.3 is 10.2 Å². The van der Waals surface area contributed by atoms with Crippen LogP contribution in [0.25, 0.3) is 0 Å². The van der Waals surface area contributed by atoms with Gasteiger partial charge in [0.1, 0.15) is 0 Å². The zero-order valence-electron chi connectivity index (χ0n) is 18.6. The molecule has 3 heterocycles. The highest BCUT2D eigenvalue weighted by atomic mass is 16.6.